The maximum absolute atomic E-state index is 9.85. The SMILES string of the molecule is CC(CC#N)CCCCNC=O. The van der Waals surface area contributed by atoms with E-state index in [-0.39, 0.29) is 0 Å². The van der Waals surface area contributed by atoms with Gasteiger partial charge in [-0.3, -0.25) is 4.79 Å². The van der Waals surface area contributed by atoms with E-state index in [2.05, 4.69) is 18.3 Å². The van der Waals surface area contributed by atoms with Crippen LogP contribution in [0.2, 0.25) is 0 Å². The van der Waals surface area contributed by atoms with Gasteiger partial charge < -0.3 is 5.32 Å². The van der Waals surface area contributed by atoms with Crippen LogP contribution in [0.1, 0.15) is 32.6 Å². The van der Waals surface area contributed by atoms with Gasteiger partial charge in [0.1, 0.15) is 0 Å². The van der Waals surface area contributed by atoms with Crippen LogP contribution in [0, 0.1) is 17.2 Å². The summed E-state index contributed by atoms with van der Waals surface area (Å²) in [6.45, 7) is 2.83. The molecule has 3 heteroatoms. The predicted molar refractivity (Wildman–Crippen MR) is 47.3 cm³/mol. The van der Waals surface area contributed by atoms with Crippen molar-refractivity contribution in [3.63, 3.8) is 0 Å². The lowest BCUT2D eigenvalue weighted by Gasteiger charge is -2.05. The largest absolute Gasteiger partial charge is 0.359 e. The van der Waals surface area contributed by atoms with Crippen molar-refractivity contribution in [3.05, 3.63) is 0 Å². The lowest BCUT2D eigenvalue weighted by Crippen LogP contribution is -2.12. The number of rotatable bonds is 7. The van der Waals surface area contributed by atoms with Crippen molar-refractivity contribution in [1.29, 1.82) is 5.26 Å². The third kappa shape index (κ3) is 7.07. The Balaban J connectivity index is 3.09. The average molecular weight is 168 g/mol. The highest BCUT2D eigenvalue weighted by Crippen LogP contribution is 2.10. The van der Waals surface area contributed by atoms with Gasteiger partial charge >= 0.3 is 0 Å². The van der Waals surface area contributed by atoms with Crippen molar-refractivity contribution >= 4 is 6.41 Å². The summed E-state index contributed by atoms with van der Waals surface area (Å²) < 4.78 is 0. The number of nitrogens with zero attached hydrogens (tertiary/aromatic N) is 1. The van der Waals surface area contributed by atoms with Crippen LogP contribution in [0.4, 0.5) is 0 Å². The highest BCUT2D eigenvalue weighted by atomic mass is 16.1. The Morgan fingerprint density at radius 3 is 2.92 bits per heavy atom. The molecular formula is C9H16N2O. The molecule has 0 aliphatic carbocycles. The third-order valence-electron chi connectivity index (χ3n) is 1.79. The van der Waals surface area contributed by atoms with Gasteiger partial charge in [-0.25, -0.2) is 0 Å². The maximum atomic E-state index is 9.85. The number of amides is 1. The van der Waals surface area contributed by atoms with Crippen LogP contribution in [-0.2, 0) is 4.79 Å². The fraction of sp³-hybridized carbons (Fsp3) is 0.778. The molecule has 12 heavy (non-hydrogen) atoms. The van der Waals surface area contributed by atoms with E-state index in [1.54, 1.807) is 0 Å². The van der Waals surface area contributed by atoms with Crippen molar-refractivity contribution in [2.75, 3.05) is 6.54 Å². The molecule has 0 radical (unpaired) electrons. The molecule has 0 aromatic rings. The summed E-state index contributed by atoms with van der Waals surface area (Å²) in [7, 11) is 0. The van der Waals surface area contributed by atoms with E-state index in [0.29, 0.717) is 12.3 Å². The van der Waals surface area contributed by atoms with E-state index in [0.717, 1.165) is 32.2 Å². The van der Waals surface area contributed by atoms with Crippen LogP contribution in [0.25, 0.3) is 0 Å². The van der Waals surface area contributed by atoms with Crippen LogP contribution in [0.15, 0.2) is 0 Å². The number of carbonyl (C=O) groups is 1. The highest BCUT2D eigenvalue weighted by Gasteiger charge is 1.99. The second kappa shape index (κ2) is 8.06. The Bertz CT molecular complexity index is 151. The fourth-order valence-corrected chi connectivity index (χ4v) is 1.04. The van der Waals surface area contributed by atoms with Crippen molar-refractivity contribution < 1.29 is 4.79 Å². The first-order valence-electron chi connectivity index (χ1n) is 4.35. The zero-order chi connectivity index (χ0) is 9.23. The summed E-state index contributed by atoms with van der Waals surface area (Å²) in [6.07, 6.45) is 4.53. The minimum Gasteiger partial charge on any atom is -0.359 e. The van der Waals surface area contributed by atoms with Crippen LogP contribution in [0.5, 0.6) is 0 Å². The van der Waals surface area contributed by atoms with Crippen LogP contribution < -0.4 is 5.32 Å². The Kier molecular flexibility index (Phi) is 7.36. The monoisotopic (exact) mass is 168 g/mol. The first kappa shape index (κ1) is 11.0. The third-order valence-corrected chi connectivity index (χ3v) is 1.79. The number of nitrogens with one attached hydrogen (secondary N) is 1. The average Bonchev–Trinajstić information content (AvgIpc) is 2.05. The van der Waals surface area contributed by atoms with Gasteiger partial charge in [0.15, 0.2) is 0 Å². The van der Waals surface area contributed by atoms with Gasteiger partial charge in [-0.2, -0.15) is 5.26 Å². The summed E-state index contributed by atoms with van der Waals surface area (Å²) >= 11 is 0. The molecule has 0 aromatic heterocycles. The Labute approximate surface area is 73.8 Å². The standard InChI is InChI=1S/C9H16N2O/c1-9(5-6-10)4-2-3-7-11-8-12/h8-9H,2-5,7H2,1H3,(H,11,12). The van der Waals surface area contributed by atoms with Gasteiger partial charge in [0.05, 0.1) is 6.07 Å². The molecule has 1 N–H and O–H groups in total. The number of hydrogen-bond donors (Lipinski definition) is 1. The predicted octanol–water partition coefficient (Wildman–Crippen LogP) is 1.45. The van der Waals surface area contributed by atoms with E-state index < -0.39 is 0 Å². The molecule has 0 saturated carbocycles. The number of hydrogen-bond acceptors (Lipinski definition) is 2. The molecule has 68 valence electrons. The molecular weight excluding hydrogens is 152 g/mol. The number of unbranched alkanes of at least 4 members (excludes halogenated alkanes) is 1. The van der Waals surface area contributed by atoms with Crippen LogP contribution >= 0.6 is 0 Å². The molecule has 1 unspecified atom stereocenters. The summed E-state index contributed by atoms with van der Waals surface area (Å²) in [5.74, 6) is 0.492. The molecule has 0 aliphatic heterocycles. The maximum Gasteiger partial charge on any atom is 0.207 e. The Hall–Kier alpha value is -1.04. The summed E-state index contributed by atoms with van der Waals surface area (Å²) in [5, 5.41) is 11.0. The quantitative estimate of drug-likeness (QED) is 0.462. The van der Waals surface area contributed by atoms with E-state index in [9.17, 15) is 4.79 Å². The molecule has 0 bridgehead atoms. The molecule has 0 aromatic carbocycles. The van der Waals surface area contributed by atoms with E-state index in [4.69, 9.17) is 5.26 Å². The summed E-state index contributed by atoms with van der Waals surface area (Å²) in [4.78, 5) is 9.85. The minimum absolute atomic E-state index is 0.492. The molecule has 0 aliphatic rings. The second-order valence-corrected chi connectivity index (χ2v) is 3.04. The molecule has 1 amide bonds. The molecule has 0 spiro atoms. The lowest BCUT2D eigenvalue weighted by molar-refractivity contribution is -0.109. The summed E-state index contributed by atoms with van der Waals surface area (Å²) in [5.41, 5.74) is 0. The number of nitriles is 1. The molecule has 3 nitrogen and oxygen atoms in total. The van der Waals surface area contributed by atoms with Crippen molar-refractivity contribution in [2.45, 2.75) is 32.6 Å². The van der Waals surface area contributed by atoms with Gasteiger partial charge in [-0.1, -0.05) is 13.3 Å². The normalized spacial score (nSPS) is 11.7. The zero-order valence-corrected chi connectivity index (χ0v) is 7.55. The minimum atomic E-state index is 0.492. The molecule has 0 heterocycles. The molecule has 0 saturated heterocycles. The highest BCUT2D eigenvalue weighted by molar-refractivity contribution is 5.45. The smallest absolute Gasteiger partial charge is 0.207 e. The van der Waals surface area contributed by atoms with Gasteiger partial charge in [-0.05, 0) is 18.8 Å². The van der Waals surface area contributed by atoms with Crippen LogP contribution in [-0.4, -0.2) is 13.0 Å². The molecule has 0 rings (SSSR count). The topological polar surface area (TPSA) is 52.9 Å². The fourth-order valence-electron chi connectivity index (χ4n) is 1.04. The second-order valence-electron chi connectivity index (χ2n) is 3.04. The van der Waals surface area contributed by atoms with E-state index >= 15 is 0 Å². The first-order valence-corrected chi connectivity index (χ1v) is 4.35. The van der Waals surface area contributed by atoms with E-state index in [1.807, 2.05) is 0 Å². The Morgan fingerprint density at radius 1 is 1.58 bits per heavy atom. The summed E-state index contributed by atoms with van der Waals surface area (Å²) in [6, 6.07) is 2.15. The van der Waals surface area contributed by atoms with E-state index in [1.165, 1.54) is 0 Å². The van der Waals surface area contributed by atoms with Gasteiger partial charge in [-0.15, -0.1) is 0 Å². The van der Waals surface area contributed by atoms with Gasteiger partial charge in [0, 0.05) is 13.0 Å². The zero-order valence-electron chi connectivity index (χ0n) is 7.55. The molecule has 0 fully saturated rings. The first-order chi connectivity index (χ1) is 5.81. The van der Waals surface area contributed by atoms with Crippen molar-refractivity contribution in [3.8, 4) is 6.07 Å². The molecule has 1 atom stereocenters. The van der Waals surface area contributed by atoms with Gasteiger partial charge in [0.25, 0.3) is 0 Å². The van der Waals surface area contributed by atoms with Crippen molar-refractivity contribution in [1.82, 2.24) is 5.32 Å². The lowest BCUT2D eigenvalue weighted by atomic mass is 10.0. The Morgan fingerprint density at radius 2 is 2.33 bits per heavy atom. The van der Waals surface area contributed by atoms with Crippen LogP contribution in [0.3, 0.4) is 0 Å². The van der Waals surface area contributed by atoms with Crippen molar-refractivity contribution in [2.24, 2.45) is 5.92 Å². The number of carbonyl (C=O) groups excluding carboxylic acids is 1. The van der Waals surface area contributed by atoms with Gasteiger partial charge in [0.2, 0.25) is 6.41 Å².